The number of aromatic nitrogens is 4. The minimum Gasteiger partial charge on any atom is -0.504 e. The first-order chi connectivity index (χ1) is 13.5. The predicted octanol–water partition coefficient (Wildman–Crippen LogP) is 1.49. The Balaban J connectivity index is 1.67. The SMILES string of the molecule is Cc1ccc(F)c(-n2cc(O)c(C(=O)N3Cc4nccn4CC(CO)C3)n2)c1. The average Bonchev–Trinajstić information content (AvgIpc) is 3.23. The van der Waals surface area contributed by atoms with Crippen LogP contribution in [-0.4, -0.2) is 53.5 Å². The van der Waals surface area contributed by atoms with E-state index < -0.39 is 11.7 Å². The van der Waals surface area contributed by atoms with Gasteiger partial charge in [0.15, 0.2) is 11.4 Å². The summed E-state index contributed by atoms with van der Waals surface area (Å²) in [6, 6.07) is 4.52. The van der Waals surface area contributed by atoms with Crippen LogP contribution in [0.4, 0.5) is 4.39 Å². The van der Waals surface area contributed by atoms with E-state index in [1.54, 1.807) is 24.5 Å². The van der Waals surface area contributed by atoms with Gasteiger partial charge in [-0.25, -0.2) is 14.1 Å². The number of aliphatic hydroxyl groups excluding tert-OH is 1. The number of fused-ring (bicyclic) bond motifs is 1. The Labute approximate surface area is 160 Å². The van der Waals surface area contributed by atoms with Crippen LogP contribution < -0.4 is 0 Å². The Hall–Kier alpha value is -3.20. The lowest BCUT2D eigenvalue weighted by Crippen LogP contribution is -2.35. The van der Waals surface area contributed by atoms with Crippen LogP contribution in [0.1, 0.15) is 21.9 Å². The second kappa shape index (κ2) is 7.08. The van der Waals surface area contributed by atoms with Crippen molar-refractivity contribution in [1.82, 2.24) is 24.2 Å². The van der Waals surface area contributed by atoms with Crippen LogP contribution in [0.3, 0.4) is 0 Å². The van der Waals surface area contributed by atoms with Gasteiger partial charge in [-0.2, -0.15) is 5.10 Å². The van der Waals surface area contributed by atoms with Gasteiger partial charge in [-0.3, -0.25) is 4.79 Å². The molecule has 1 aliphatic rings. The number of hydrogen-bond donors (Lipinski definition) is 2. The van der Waals surface area contributed by atoms with E-state index in [1.165, 1.54) is 17.2 Å². The van der Waals surface area contributed by atoms with Gasteiger partial charge in [-0.05, 0) is 24.6 Å². The Kier molecular flexibility index (Phi) is 4.60. The number of imidazole rings is 1. The zero-order valence-electron chi connectivity index (χ0n) is 15.3. The van der Waals surface area contributed by atoms with Crippen LogP contribution in [0.2, 0.25) is 0 Å². The minimum absolute atomic E-state index is 0.0870. The maximum atomic E-state index is 14.2. The van der Waals surface area contributed by atoms with Gasteiger partial charge in [0.25, 0.3) is 5.91 Å². The van der Waals surface area contributed by atoms with Crippen molar-refractivity contribution in [3.63, 3.8) is 0 Å². The summed E-state index contributed by atoms with van der Waals surface area (Å²) in [6.45, 7) is 2.80. The molecule has 9 heteroatoms. The number of aryl methyl sites for hydroxylation is 1. The fourth-order valence-electron chi connectivity index (χ4n) is 3.40. The molecule has 8 nitrogen and oxygen atoms in total. The van der Waals surface area contributed by atoms with Crippen LogP contribution in [0, 0.1) is 18.7 Å². The molecular weight excluding hydrogens is 365 g/mol. The molecule has 3 heterocycles. The third-order valence-corrected chi connectivity index (χ3v) is 4.86. The summed E-state index contributed by atoms with van der Waals surface area (Å²) in [5.41, 5.74) is 0.802. The van der Waals surface area contributed by atoms with Crippen molar-refractivity contribution in [2.75, 3.05) is 13.2 Å². The predicted molar refractivity (Wildman–Crippen MR) is 97.5 cm³/mol. The summed E-state index contributed by atoms with van der Waals surface area (Å²) in [6.07, 6.45) is 4.66. The first-order valence-electron chi connectivity index (χ1n) is 8.91. The van der Waals surface area contributed by atoms with Crippen LogP contribution in [0.5, 0.6) is 5.75 Å². The first kappa shape index (κ1) is 18.2. The lowest BCUT2D eigenvalue weighted by atomic mass is 10.1. The van der Waals surface area contributed by atoms with Gasteiger partial charge in [-0.15, -0.1) is 0 Å². The number of rotatable bonds is 3. The molecular formula is C19H20FN5O3. The average molecular weight is 385 g/mol. The highest BCUT2D eigenvalue weighted by Crippen LogP contribution is 2.24. The molecule has 1 aromatic carbocycles. The molecule has 0 aliphatic carbocycles. The van der Waals surface area contributed by atoms with Gasteiger partial charge in [0.1, 0.15) is 17.3 Å². The van der Waals surface area contributed by atoms with E-state index in [0.717, 1.165) is 10.2 Å². The van der Waals surface area contributed by atoms with Gasteiger partial charge < -0.3 is 19.7 Å². The quantitative estimate of drug-likeness (QED) is 0.712. The van der Waals surface area contributed by atoms with Crippen molar-refractivity contribution in [1.29, 1.82) is 0 Å². The molecule has 0 spiro atoms. The zero-order valence-corrected chi connectivity index (χ0v) is 15.3. The van der Waals surface area contributed by atoms with E-state index in [9.17, 15) is 19.4 Å². The van der Waals surface area contributed by atoms with Crippen molar-refractivity contribution in [3.05, 3.63) is 59.7 Å². The molecule has 0 saturated heterocycles. The highest BCUT2D eigenvalue weighted by Gasteiger charge is 2.29. The normalized spacial score (nSPS) is 16.7. The lowest BCUT2D eigenvalue weighted by Gasteiger charge is -2.22. The monoisotopic (exact) mass is 385 g/mol. The maximum absolute atomic E-state index is 14.2. The van der Waals surface area contributed by atoms with Crippen molar-refractivity contribution < 1.29 is 19.4 Å². The molecule has 0 bridgehead atoms. The molecule has 1 unspecified atom stereocenters. The van der Waals surface area contributed by atoms with Gasteiger partial charge in [0.2, 0.25) is 0 Å². The summed E-state index contributed by atoms with van der Waals surface area (Å²) < 4.78 is 17.2. The summed E-state index contributed by atoms with van der Waals surface area (Å²) in [5, 5.41) is 24.0. The standard InChI is InChI=1S/C19H20FN5O3/c1-12-2-3-14(20)15(6-12)25-9-16(27)18(22-25)19(28)24-8-13(11-26)7-23-5-4-21-17(23)10-24/h2-6,9,13,26-27H,7-8,10-11H2,1H3. The lowest BCUT2D eigenvalue weighted by molar-refractivity contribution is 0.0684. The number of carbonyl (C=O) groups is 1. The number of amides is 1. The zero-order chi connectivity index (χ0) is 19.8. The van der Waals surface area contributed by atoms with Crippen molar-refractivity contribution in [3.8, 4) is 11.4 Å². The summed E-state index contributed by atoms with van der Waals surface area (Å²) >= 11 is 0. The van der Waals surface area contributed by atoms with Crippen LogP contribution in [0.25, 0.3) is 5.69 Å². The fraction of sp³-hybridized carbons (Fsp3) is 0.316. The molecule has 4 rings (SSSR count). The summed E-state index contributed by atoms with van der Waals surface area (Å²) in [4.78, 5) is 18.8. The number of hydrogen-bond acceptors (Lipinski definition) is 5. The number of aliphatic hydroxyl groups is 1. The number of halogens is 1. The Morgan fingerprint density at radius 1 is 1.36 bits per heavy atom. The topological polar surface area (TPSA) is 96.4 Å². The van der Waals surface area contributed by atoms with E-state index >= 15 is 0 Å². The van der Waals surface area contributed by atoms with E-state index in [4.69, 9.17) is 0 Å². The molecule has 1 atom stereocenters. The molecule has 1 amide bonds. The van der Waals surface area contributed by atoms with Crippen molar-refractivity contribution in [2.24, 2.45) is 5.92 Å². The fourth-order valence-corrected chi connectivity index (χ4v) is 3.40. The third kappa shape index (κ3) is 3.24. The molecule has 2 N–H and O–H groups in total. The van der Waals surface area contributed by atoms with Gasteiger partial charge in [-0.1, -0.05) is 6.07 Å². The van der Waals surface area contributed by atoms with E-state index in [0.29, 0.717) is 18.9 Å². The summed E-state index contributed by atoms with van der Waals surface area (Å²) in [7, 11) is 0. The first-order valence-corrected chi connectivity index (χ1v) is 8.91. The number of nitrogens with zero attached hydrogens (tertiary/aromatic N) is 5. The molecule has 0 saturated carbocycles. The van der Waals surface area contributed by atoms with E-state index in [1.807, 2.05) is 11.5 Å². The van der Waals surface area contributed by atoms with E-state index in [2.05, 4.69) is 10.1 Å². The molecule has 28 heavy (non-hydrogen) atoms. The molecule has 146 valence electrons. The second-order valence-electron chi connectivity index (χ2n) is 6.99. The second-order valence-corrected chi connectivity index (χ2v) is 6.99. The van der Waals surface area contributed by atoms with Crippen molar-refractivity contribution in [2.45, 2.75) is 20.0 Å². The third-order valence-electron chi connectivity index (χ3n) is 4.86. The smallest absolute Gasteiger partial charge is 0.278 e. The maximum Gasteiger partial charge on any atom is 0.278 e. The van der Waals surface area contributed by atoms with Gasteiger partial charge >= 0.3 is 0 Å². The van der Waals surface area contributed by atoms with Crippen LogP contribution in [-0.2, 0) is 13.1 Å². The highest BCUT2D eigenvalue weighted by atomic mass is 19.1. The van der Waals surface area contributed by atoms with E-state index in [-0.39, 0.29) is 36.2 Å². The minimum atomic E-state index is -0.510. The largest absolute Gasteiger partial charge is 0.504 e. The molecule has 0 radical (unpaired) electrons. The Morgan fingerprint density at radius 3 is 2.96 bits per heavy atom. The number of carbonyl (C=O) groups excluding carboxylic acids is 1. The molecule has 3 aromatic rings. The van der Waals surface area contributed by atoms with Crippen LogP contribution in [0.15, 0.2) is 36.8 Å². The molecule has 0 fully saturated rings. The number of aromatic hydroxyl groups is 1. The van der Waals surface area contributed by atoms with Gasteiger partial charge in [0.05, 0.1) is 12.7 Å². The van der Waals surface area contributed by atoms with Crippen molar-refractivity contribution >= 4 is 5.91 Å². The Bertz CT molecular complexity index is 1030. The summed E-state index contributed by atoms with van der Waals surface area (Å²) in [5.74, 6) is -0.826. The number of benzene rings is 1. The Morgan fingerprint density at radius 2 is 2.18 bits per heavy atom. The molecule has 1 aliphatic heterocycles. The highest BCUT2D eigenvalue weighted by molar-refractivity contribution is 5.94. The molecule has 2 aromatic heterocycles. The van der Waals surface area contributed by atoms with Crippen LogP contribution >= 0.6 is 0 Å². The van der Waals surface area contributed by atoms with Gasteiger partial charge in [0, 0.05) is 38.0 Å².